The summed E-state index contributed by atoms with van der Waals surface area (Å²) in [6.45, 7) is 14.8. The van der Waals surface area contributed by atoms with Crippen LogP contribution < -0.4 is 10.6 Å². The van der Waals surface area contributed by atoms with Crippen LogP contribution in [-0.2, 0) is 9.47 Å². The first-order valence-electron chi connectivity index (χ1n) is 10.1. The summed E-state index contributed by atoms with van der Waals surface area (Å²) in [7, 11) is 0. The van der Waals surface area contributed by atoms with E-state index in [-0.39, 0.29) is 4.75 Å². The van der Waals surface area contributed by atoms with Crippen LogP contribution in [0, 0.1) is 5.92 Å². The van der Waals surface area contributed by atoms with Gasteiger partial charge in [0.25, 0.3) is 0 Å². The molecule has 0 bridgehead atoms. The lowest BCUT2D eigenvalue weighted by atomic mass is 9.99. The molecule has 2 N–H and O–H groups in total. The molecule has 2 rings (SSSR count). The number of hydrogen-bond acceptors (Lipinski definition) is 5. The SMILES string of the molecule is CCNC(=NCC1(SC)CCOCC1)NCC(C(C)C)N1CCOCC1. The van der Waals surface area contributed by atoms with Gasteiger partial charge < -0.3 is 20.1 Å². The molecule has 7 heteroatoms. The quantitative estimate of drug-likeness (QED) is 0.490. The molecule has 26 heavy (non-hydrogen) atoms. The average Bonchev–Trinajstić information content (AvgIpc) is 2.67. The van der Waals surface area contributed by atoms with Crippen molar-refractivity contribution < 1.29 is 9.47 Å². The van der Waals surface area contributed by atoms with E-state index in [1.165, 1.54) is 0 Å². The number of guanidine groups is 1. The van der Waals surface area contributed by atoms with Gasteiger partial charge in [0.2, 0.25) is 0 Å². The highest BCUT2D eigenvalue weighted by molar-refractivity contribution is 8.00. The largest absolute Gasteiger partial charge is 0.381 e. The van der Waals surface area contributed by atoms with Gasteiger partial charge in [0.1, 0.15) is 0 Å². The Labute approximate surface area is 163 Å². The first kappa shape index (κ1) is 21.8. The van der Waals surface area contributed by atoms with Gasteiger partial charge in [-0.2, -0.15) is 11.8 Å². The van der Waals surface area contributed by atoms with E-state index in [1.807, 2.05) is 11.8 Å². The second kappa shape index (κ2) is 11.4. The van der Waals surface area contributed by atoms with E-state index in [2.05, 4.69) is 42.6 Å². The van der Waals surface area contributed by atoms with Crippen LogP contribution >= 0.6 is 11.8 Å². The molecule has 0 aromatic heterocycles. The minimum absolute atomic E-state index is 0.224. The van der Waals surface area contributed by atoms with Gasteiger partial charge in [-0.15, -0.1) is 0 Å². The van der Waals surface area contributed by atoms with E-state index in [9.17, 15) is 0 Å². The molecular weight excluding hydrogens is 348 g/mol. The van der Waals surface area contributed by atoms with Crippen molar-refractivity contribution in [2.45, 2.75) is 44.4 Å². The predicted octanol–water partition coefficient (Wildman–Crippen LogP) is 1.81. The molecule has 2 saturated heterocycles. The smallest absolute Gasteiger partial charge is 0.191 e. The standard InChI is InChI=1S/C19H38N4O2S/c1-5-20-18(22-15-19(26-4)6-10-24-11-7-19)21-14-17(16(2)3)23-8-12-25-13-9-23/h16-17H,5-15H2,1-4H3,(H2,20,21,22). The number of rotatable bonds is 8. The number of hydrogen-bond donors (Lipinski definition) is 2. The van der Waals surface area contributed by atoms with Crippen LogP contribution in [0.1, 0.15) is 33.6 Å². The third-order valence-electron chi connectivity index (χ3n) is 5.47. The Morgan fingerprint density at radius 2 is 1.77 bits per heavy atom. The lowest BCUT2D eigenvalue weighted by molar-refractivity contribution is 0.00752. The number of nitrogens with one attached hydrogen (secondary N) is 2. The molecule has 2 fully saturated rings. The minimum Gasteiger partial charge on any atom is -0.381 e. The average molecular weight is 387 g/mol. The summed E-state index contributed by atoms with van der Waals surface area (Å²) in [5.41, 5.74) is 0. The van der Waals surface area contributed by atoms with E-state index >= 15 is 0 Å². The van der Waals surface area contributed by atoms with Crippen molar-refractivity contribution >= 4 is 17.7 Å². The van der Waals surface area contributed by atoms with Gasteiger partial charge in [0.15, 0.2) is 5.96 Å². The zero-order chi connectivity index (χ0) is 18.8. The van der Waals surface area contributed by atoms with Crippen LogP contribution in [0.25, 0.3) is 0 Å². The van der Waals surface area contributed by atoms with Crippen molar-refractivity contribution in [1.82, 2.24) is 15.5 Å². The highest BCUT2D eigenvalue weighted by Crippen LogP contribution is 2.33. The van der Waals surface area contributed by atoms with Gasteiger partial charge in [-0.05, 0) is 31.9 Å². The Balaban J connectivity index is 1.94. The molecule has 6 nitrogen and oxygen atoms in total. The van der Waals surface area contributed by atoms with E-state index < -0.39 is 0 Å². The maximum Gasteiger partial charge on any atom is 0.191 e. The summed E-state index contributed by atoms with van der Waals surface area (Å²) in [4.78, 5) is 7.48. The predicted molar refractivity (Wildman–Crippen MR) is 111 cm³/mol. The van der Waals surface area contributed by atoms with Crippen LogP contribution in [0.5, 0.6) is 0 Å². The second-order valence-electron chi connectivity index (χ2n) is 7.54. The normalized spacial score (nSPS) is 23.0. The molecule has 2 heterocycles. The first-order valence-corrected chi connectivity index (χ1v) is 11.3. The molecule has 0 radical (unpaired) electrons. The molecular formula is C19H38N4O2S. The fraction of sp³-hybridized carbons (Fsp3) is 0.947. The highest BCUT2D eigenvalue weighted by Gasteiger charge is 2.31. The van der Waals surface area contributed by atoms with E-state index in [0.29, 0.717) is 12.0 Å². The first-order chi connectivity index (χ1) is 12.6. The summed E-state index contributed by atoms with van der Waals surface area (Å²) < 4.78 is 11.3. The molecule has 152 valence electrons. The molecule has 1 unspecified atom stereocenters. The summed E-state index contributed by atoms with van der Waals surface area (Å²) in [6.07, 6.45) is 4.37. The molecule has 0 aliphatic carbocycles. The Kier molecular flexibility index (Phi) is 9.53. The number of morpholine rings is 1. The molecule has 2 aliphatic rings. The minimum atomic E-state index is 0.224. The molecule has 2 aliphatic heterocycles. The van der Waals surface area contributed by atoms with Gasteiger partial charge in [-0.1, -0.05) is 13.8 Å². The van der Waals surface area contributed by atoms with Crippen LogP contribution in [0.15, 0.2) is 4.99 Å². The Bertz CT molecular complexity index is 422. The fourth-order valence-electron chi connectivity index (χ4n) is 3.63. The van der Waals surface area contributed by atoms with Crippen molar-refractivity contribution in [2.24, 2.45) is 10.9 Å². The summed E-state index contributed by atoms with van der Waals surface area (Å²) in [5, 5.41) is 7.01. The fourth-order valence-corrected chi connectivity index (χ4v) is 4.40. The third kappa shape index (κ3) is 6.59. The lowest BCUT2D eigenvalue weighted by Gasteiger charge is -2.37. The summed E-state index contributed by atoms with van der Waals surface area (Å²) in [6, 6.07) is 0.500. The van der Waals surface area contributed by atoms with Gasteiger partial charge in [-0.3, -0.25) is 9.89 Å². The topological polar surface area (TPSA) is 58.1 Å². The molecule has 0 amide bonds. The van der Waals surface area contributed by atoms with Gasteiger partial charge in [0, 0.05) is 50.2 Å². The third-order valence-corrected chi connectivity index (χ3v) is 6.87. The van der Waals surface area contributed by atoms with Crippen LogP contribution in [0.4, 0.5) is 0 Å². The lowest BCUT2D eigenvalue weighted by Crippen LogP contribution is -2.52. The van der Waals surface area contributed by atoms with Crippen molar-refractivity contribution in [1.29, 1.82) is 0 Å². The number of ether oxygens (including phenoxy) is 2. The molecule has 0 saturated carbocycles. The Morgan fingerprint density at radius 1 is 1.12 bits per heavy atom. The van der Waals surface area contributed by atoms with Gasteiger partial charge in [0.05, 0.1) is 19.8 Å². The molecule has 0 spiro atoms. The summed E-state index contributed by atoms with van der Waals surface area (Å²) >= 11 is 1.94. The van der Waals surface area contributed by atoms with Crippen LogP contribution in [-0.4, -0.2) is 87.1 Å². The van der Waals surface area contributed by atoms with Crippen LogP contribution in [0.3, 0.4) is 0 Å². The number of aliphatic imine (C=N–C) groups is 1. The van der Waals surface area contributed by atoms with Crippen molar-refractivity contribution in [3.05, 3.63) is 0 Å². The maximum atomic E-state index is 5.54. The van der Waals surface area contributed by atoms with Crippen molar-refractivity contribution in [2.75, 3.05) is 65.4 Å². The van der Waals surface area contributed by atoms with E-state index in [4.69, 9.17) is 14.5 Å². The monoisotopic (exact) mass is 386 g/mol. The zero-order valence-corrected chi connectivity index (χ0v) is 17.9. The molecule has 0 aromatic carbocycles. The van der Waals surface area contributed by atoms with Crippen LogP contribution in [0.2, 0.25) is 0 Å². The Morgan fingerprint density at radius 3 is 2.35 bits per heavy atom. The summed E-state index contributed by atoms with van der Waals surface area (Å²) in [5.74, 6) is 1.53. The molecule has 0 aromatic rings. The molecule has 1 atom stereocenters. The second-order valence-corrected chi connectivity index (χ2v) is 8.81. The van der Waals surface area contributed by atoms with E-state index in [1.54, 1.807) is 0 Å². The van der Waals surface area contributed by atoms with E-state index in [0.717, 1.165) is 78.0 Å². The maximum absolute atomic E-state index is 5.54. The van der Waals surface area contributed by atoms with Crippen molar-refractivity contribution in [3.63, 3.8) is 0 Å². The number of thioether (sulfide) groups is 1. The van der Waals surface area contributed by atoms with Crippen molar-refractivity contribution in [3.8, 4) is 0 Å². The Hall–Kier alpha value is -0.500. The van der Waals surface area contributed by atoms with Gasteiger partial charge in [-0.25, -0.2) is 0 Å². The highest BCUT2D eigenvalue weighted by atomic mass is 32.2. The number of nitrogens with zero attached hydrogens (tertiary/aromatic N) is 2. The van der Waals surface area contributed by atoms with Gasteiger partial charge >= 0.3 is 0 Å². The zero-order valence-electron chi connectivity index (χ0n) is 17.1.